The predicted molar refractivity (Wildman–Crippen MR) is 122 cm³/mol. The number of aromatic nitrogens is 4. The number of nitrogens with one attached hydrogen (secondary N) is 1. The number of nitro groups is 1. The molecule has 0 unspecified atom stereocenters. The van der Waals surface area contributed by atoms with Crippen LogP contribution >= 0.6 is 0 Å². The fourth-order valence-electron chi connectivity index (χ4n) is 4.15. The summed E-state index contributed by atoms with van der Waals surface area (Å²) in [7, 11) is 1.52. The van der Waals surface area contributed by atoms with Crippen LogP contribution in [0.3, 0.4) is 0 Å². The van der Waals surface area contributed by atoms with Crippen LogP contribution in [0.5, 0.6) is 5.75 Å². The van der Waals surface area contributed by atoms with E-state index in [0.29, 0.717) is 17.4 Å². The van der Waals surface area contributed by atoms with Crippen LogP contribution < -0.4 is 14.9 Å². The van der Waals surface area contributed by atoms with Gasteiger partial charge in [-0.25, -0.2) is 0 Å². The van der Waals surface area contributed by atoms with Crippen LogP contribution in [0, 0.1) is 10.1 Å². The van der Waals surface area contributed by atoms with Gasteiger partial charge in [-0.15, -0.1) is 0 Å². The third kappa shape index (κ3) is 4.24. The van der Waals surface area contributed by atoms with Crippen LogP contribution in [0.4, 0.5) is 5.69 Å². The van der Waals surface area contributed by atoms with E-state index >= 15 is 0 Å². The first-order chi connectivity index (χ1) is 16.1. The minimum absolute atomic E-state index is 0.0125. The number of ether oxygens (including phenoxy) is 1. The highest BCUT2D eigenvalue weighted by molar-refractivity contribution is 5.80. The SMILES string of the molecule is COc1ccc([N+](=O)[O-])cc1COn1ccc2ncc(-c3cnn(C4CCNCC4)c3)cc21. The van der Waals surface area contributed by atoms with Crippen molar-refractivity contribution >= 4 is 16.7 Å². The summed E-state index contributed by atoms with van der Waals surface area (Å²) in [6.07, 6.45) is 9.68. The number of hydrogen-bond donors (Lipinski definition) is 1. The van der Waals surface area contributed by atoms with Crippen molar-refractivity contribution in [3.8, 4) is 16.9 Å². The van der Waals surface area contributed by atoms with E-state index in [1.165, 1.54) is 19.2 Å². The number of benzene rings is 1. The maximum absolute atomic E-state index is 11.1. The van der Waals surface area contributed by atoms with E-state index in [1.807, 2.05) is 29.2 Å². The Labute approximate surface area is 189 Å². The monoisotopic (exact) mass is 448 g/mol. The largest absolute Gasteiger partial charge is 0.496 e. The molecule has 0 aliphatic carbocycles. The van der Waals surface area contributed by atoms with Crippen molar-refractivity contribution < 1.29 is 14.5 Å². The number of piperidine rings is 1. The van der Waals surface area contributed by atoms with Gasteiger partial charge in [0.25, 0.3) is 5.69 Å². The maximum Gasteiger partial charge on any atom is 0.270 e. The molecule has 0 bridgehead atoms. The number of nitrogens with zero attached hydrogens (tertiary/aromatic N) is 5. The molecular weight excluding hydrogens is 424 g/mol. The Hall–Kier alpha value is -3.92. The second kappa shape index (κ2) is 8.91. The van der Waals surface area contributed by atoms with Crippen LogP contribution in [0.15, 0.2) is 55.1 Å². The van der Waals surface area contributed by atoms with Crippen LogP contribution in [-0.2, 0) is 6.61 Å². The maximum atomic E-state index is 11.1. The fraction of sp³-hybridized carbons (Fsp3) is 0.304. The molecule has 0 amide bonds. The van der Waals surface area contributed by atoms with Crippen molar-refractivity contribution in [3.05, 3.63) is 70.8 Å². The lowest BCUT2D eigenvalue weighted by Crippen LogP contribution is -2.29. The van der Waals surface area contributed by atoms with Gasteiger partial charge < -0.3 is 14.9 Å². The Morgan fingerprint density at radius 1 is 1.18 bits per heavy atom. The van der Waals surface area contributed by atoms with E-state index in [9.17, 15) is 10.1 Å². The summed E-state index contributed by atoms with van der Waals surface area (Å²) in [5.74, 6) is 0.529. The first kappa shape index (κ1) is 21.0. The Kier molecular flexibility index (Phi) is 5.66. The lowest BCUT2D eigenvalue weighted by Gasteiger charge is -2.22. The molecule has 1 aliphatic heterocycles. The minimum Gasteiger partial charge on any atom is -0.496 e. The molecule has 1 aromatic carbocycles. The van der Waals surface area contributed by atoms with Gasteiger partial charge >= 0.3 is 0 Å². The Morgan fingerprint density at radius 2 is 2.03 bits per heavy atom. The number of pyridine rings is 1. The topological polar surface area (TPSA) is 109 Å². The molecule has 4 aromatic rings. The summed E-state index contributed by atoms with van der Waals surface area (Å²) in [6, 6.07) is 8.73. The van der Waals surface area contributed by atoms with Gasteiger partial charge in [-0.2, -0.15) is 9.83 Å². The lowest BCUT2D eigenvalue weighted by atomic mass is 10.1. The molecule has 0 saturated carbocycles. The quantitative estimate of drug-likeness (QED) is 0.341. The molecule has 1 aliphatic rings. The van der Waals surface area contributed by atoms with Crippen LogP contribution in [-0.4, -0.2) is 44.6 Å². The molecule has 5 rings (SSSR count). The van der Waals surface area contributed by atoms with E-state index < -0.39 is 4.92 Å². The molecule has 1 saturated heterocycles. The van der Waals surface area contributed by atoms with Gasteiger partial charge in [-0.1, -0.05) is 0 Å². The number of non-ortho nitro benzene ring substituents is 1. The Morgan fingerprint density at radius 3 is 2.82 bits per heavy atom. The van der Waals surface area contributed by atoms with E-state index in [2.05, 4.69) is 21.6 Å². The number of nitro benzene ring substituents is 1. The molecule has 170 valence electrons. The second-order valence-electron chi connectivity index (χ2n) is 7.99. The highest BCUT2D eigenvalue weighted by Gasteiger charge is 2.17. The van der Waals surface area contributed by atoms with Crippen LogP contribution in [0.2, 0.25) is 0 Å². The van der Waals surface area contributed by atoms with Crippen molar-refractivity contribution in [1.29, 1.82) is 0 Å². The minimum atomic E-state index is -0.436. The average Bonchev–Trinajstić information content (AvgIpc) is 3.50. The normalized spacial score (nSPS) is 14.5. The average molecular weight is 448 g/mol. The van der Waals surface area contributed by atoms with Crippen molar-refractivity contribution in [1.82, 2.24) is 24.8 Å². The molecule has 0 spiro atoms. The third-order valence-corrected chi connectivity index (χ3v) is 5.95. The molecule has 10 heteroatoms. The molecule has 33 heavy (non-hydrogen) atoms. The summed E-state index contributed by atoms with van der Waals surface area (Å²) in [6.45, 7) is 2.12. The van der Waals surface area contributed by atoms with Crippen molar-refractivity contribution in [3.63, 3.8) is 0 Å². The highest BCUT2D eigenvalue weighted by atomic mass is 16.7. The van der Waals surface area contributed by atoms with Gasteiger partial charge in [0, 0.05) is 47.4 Å². The fourth-order valence-corrected chi connectivity index (χ4v) is 4.15. The molecule has 3 aromatic heterocycles. The van der Waals surface area contributed by atoms with Gasteiger partial charge in [0.1, 0.15) is 17.9 Å². The summed E-state index contributed by atoms with van der Waals surface area (Å²) in [4.78, 5) is 21.2. The van der Waals surface area contributed by atoms with Crippen molar-refractivity contribution in [2.24, 2.45) is 0 Å². The smallest absolute Gasteiger partial charge is 0.270 e. The summed E-state index contributed by atoms with van der Waals surface area (Å²) in [5, 5.41) is 19.1. The van der Waals surface area contributed by atoms with Gasteiger partial charge in [-0.05, 0) is 44.1 Å². The van der Waals surface area contributed by atoms with Crippen molar-refractivity contribution in [2.45, 2.75) is 25.5 Å². The molecule has 1 N–H and O–H groups in total. The number of hydrogen-bond acceptors (Lipinski definition) is 7. The van der Waals surface area contributed by atoms with E-state index in [1.54, 1.807) is 17.0 Å². The number of fused-ring (bicyclic) bond motifs is 1. The third-order valence-electron chi connectivity index (χ3n) is 5.95. The van der Waals surface area contributed by atoms with Gasteiger partial charge in [0.2, 0.25) is 0 Å². The zero-order valence-corrected chi connectivity index (χ0v) is 18.2. The van der Waals surface area contributed by atoms with Gasteiger partial charge in [0.05, 0.1) is 29.8 Å². The van der Waals surface area contributed by atoms with Crippen LogP contribution in [0.25, 0.3) is 22.2 Å². The summed E-state index contributed by atoms with van der Waals surface area (Å²) < 4.78 is 9.00. The van der Waals surface area contributed by atoms with Crippen molar-refractivity contribution in [2.75, 3.05) is 20.2 Å². The van der Waals surface area contributed by atoms with Crippen LogP contribution in [0.1, 0.15) is 24.4 Å². The first-order valence-electron chi connectivity index (χ1n) is 10.8. The Bertz CT molecular complexity index is 1290. The summed E-state index contributed by atoms with van der Waals surface area (Å²) in [5.41, 5.74) is 4.10. The molecule has 1 fully saturated rings. The molecule has 0 radical (unpaired) electrons. The van der Waals surface area contributed by atoms with Gasteiger partial charge in [-0.3, -0.25) is 19.8 Å². The number of methoxy groups -OCH3 is 1. The zero-order chi connectivity index (χ0) is 22.8. The van der Waals surface area contributed by atoms with Gasteiger partial charge in [0.15, 0.2) is 0 Å². The van der Waals surface area contributed by atoms with E-state index in [-0.39, 0.29) is 12.3 Å². The zero-order valence-electron chi connectivity index (χ0n) is 18.2. The molecule has 10 nitrogen and oxygen atoms in total. The highest BCUT2D eigenvalue weighted by Crippen LogP contribution is 2.27. The molecular formula is C23H24N6O4. The Balaban J connectivity index is 1.39. The lowest BCUT2D eigenvalue weighted by molar-refractivity contribution is -0.385. The van der Waals surface area contributed by atoms with E-state index in [4.69, 9.17) is 9.57 Å². The van der Waals surface area contributed by atoms with E-state index in [0.717, 1.165) is 48.1 Å². The molecule has 0 atom stereocenters. The first-order valence-corrected chi connectivity index (χ1v) is 10.8. The number of rotatable bonds is 7. The standard InChI is InChI=1S/C23H24N6O4/c1-32-23-3-2-20(29(30)31)10-17(23)15-33-28-9-6-21-22(28)11-16(12-25-21)18-13-26-27(14-18)19-4-7-24-8-5-19/h2-3,6,9-14,19,24H,4-5,7-8,15H2,1H3. The second-order valence-corrected chi connectivity index (χ2v) is 7.99. The molecule has 4 heterocycles. The predicted octanol–water partition coefficient (Wildman–Crippen LogP) is 3.37. The summed E-state index contributed by atoms with van der Waals surface area (Å²) >= 11 is 0.